The van der Waals surface area contributed by atoms with Crippen molar-refractivity contribution >= 4 is 22.5 Å². The highest BCUT2D eigenvalue weighted by Gasteiger charge is 2.22. The van der Waals surface area contributed by atoms with E-state index >= 15 is 0 Å². The average molecular weight is 327 g/mol. The predicted octanol–water partition coefficient (Wildman–Crippen LogP) is 1.53. The summed E-state index contributed by atoms with van der Waals surface area (Å²) < 4.78 is 15.1. The summed E-state index contributed by atoms with van der Waals surface area (Å²) in [4.78, 5) is 17.1. The average Bonchev–Trinajstić information content (AvgIpc) is 2.95. The number of hydrogen-bond donors (Lipinski definition) is 0. The summed E-state index contributed by atoms with van der Waals surface area (Å²) in [6.45, 7) is 5.11. The Kier molecular flexibility index (Phi) is 3.51. The van der Waals surface area contributed by atoms with Crippen LogP contribution in [0.1, 0.15) is 5.82 Å². The molecule has 1 aliphatic heterocycles. The van der Waals surface area contributed by atoms with Gasteiger partial charge in [-0.05, 0) is 13.0 Å². The van der Waals surface area contributed by atoms with Crippen LogP contribution >= 0.6 is 0 Å². The van der Waals surface area contributed by atoms with Gasteiger partial charge in [0.15, 0.2) is 5.65 Å². The number of aromatic nitrogens is 5. The molecule has 7 nitrogen and oxygen atoms in total. The molecule has 0 aromatic carbocycles. The second-order valence-electron chi connectivity index (χ2n) is 5.91. The molecule has 0 aliphatic carbocycles. The van der Waals surface area contributed by atoms with Crippen molar-refractivity contribution in [2.75, 3.05) is 36.0 Å². The summed E-state index contributed by atoms with van der Waals surface area (Å²) >= 11 is 0. The van der Waals surface area contributed by atoms with E-state index in [9.17, 15) is 4.39 Å². The van der Waals surface area contributed by atoms with Gasteiger partial charge in [0, 0.05) is 51.2 Å². The molecule has 4 heterocycles. The van der Waals surface area contributed by atoms with Crippen molar-refractivity contribution in [3.05, 3.63) is 36.3 Å². The minimum absolute atomic E-state index is 0.446. The molecule has 0 spiro atoms. The Morgan fingerprint density at radius 1 is 1.08 bits per heavy atom. The van der Waals surface area contributed by atoms with Crippen molar-refractivity contribution in [1.29, 1.82) is 0 Å². The number of halogens is 1. The third kappa shape index (κ3) is 2.53. The summed E-state index contributed by atoms with van der Waals surface area (Å²) in [5, 5.41) is 5.26. The van der Waals surface area contributed by atoms with Crippen LogP contribution in [0.3, 0.4) is 0 Å². The predicted molar refractivity (Wildman–Crippen MR) is 89.7 cm³/mol. The largest absolute Gasteiger partial charge is 0.368 e. The van der Waals surface area contributed by atoms with Crippen molar-refractivity contribution in [1.82, 2.24) is 24.7 Å². The van der Waals surface area contributed by atoms with E-state index in [1.54, 1.807) is 4.68 Å². The Hall–Kier alpha value is -2.77. The van der Waals surface area contributed by atoms with Crippen LogP contribution in [0, 0.1) is 12.9 Å². The Bertz CT molecular complexity index is 883. The molecule has 0 unspecified atom stereocenters. The van der Waals surface area contributed by atoms with Gasteiger partial charge in [-0.2, -0.15) is 9.49 Å². The van der Waals surface area contributed by atoms with E-state index in [1.807, 2.05) is 26.2 Å². The molecular formula is C16H18FN7. The molecule has 0 amide bonds. The number of aryl methyl sites for hydroxylation is 2. The molecule has 3 aromatic heterocycles. The molecule has 0 saturated carbocycles. The van der Waals surface area contributed by atoms with E-state index in [4.69, 9.17) is 0 Å². The maximum Gasteiger partial charge on any atom is 0.214 e. The highest BCUT2D eigenvalue weighted by Crippen LogP contribution is 2.25. The lowest BCUT2D eigenvalue weighted by atomic mass is 10.2. The molecular weight excluding hydrogens is 309 g/mol. The van der Waals surface area contributed by atoms with Gasteiger partial charge >= 0.3 is 0 Å². The molecule has 0 radical (unpaired) electrons. The van der Waals surface area contributed by atoms with Gasteiger partial charge in [-0.1, -0.05) is 0 Å². The molecule has 0 bridgehead atoms. The highest BCUT2D eigenvalue weighted by atomic mass is 19.1. The van der Waals surface area contributed by atoms with Gasteiger partial charge in [0.25, 0.3) is 0 Å². The normalized spacial score (nSPS) is 15.3. The van der Waals surface area contributed by atoms with E-state index in [-0.39, 0.29) is 0 Å². The maximum absolute atomic E-state index is 13.3. The van der Waals surface area contributed by atoms with Crippen molar-refractivity contribution in [3.8, 4) is 0 Å². The second kappa shape index (κ2) is 5.70. The smallest absolute Gasteiger partial charge is 0.214 e. The summed E-state index contributed by atoms with van der Waals surface area (Å²) in [5.41, 5.74) is 1.71. The Morgan fingerprint density at radius 2 is 1.83 bits per heavy atom. The third-order valence-electron chi connectivity index (χ3n) is 4.34. The van der Waals surface area contributed by atoms with Crippen LogP contribution in [0.4, 0.5) is 15.9 Å². The molecule has 8 heteroatoms. The number of rotatable bonds is 2. The van der Waals surface area contributed by atoms with Crippen LogP contribution in [-0.2, 0) is 7.05 Å². The van der Waals surface area contributed by atoms with Crippen LogP contribution in [0.25, 0.3) is 11.0 Å². The number of pyridine rings is 1. The lowest BCUT2D eigenvalue weighted by Gasteiger charge is -2.36. The minimum atomic E-state index is -0.446. The first-order valence-corrected chi connectivity index (χ1v) is 7.89. The van der Waals surface area contributed by atoms with E-state index in [2.05, 4.69) is 29.9 Å². The van der Waals surface area contributed by atoms with Crippen LogP contribution in [0.15, 0.2) is 24.5 Å². The van der Waals surface area contributed by atoms with Crippen molar-refractivity contribution in [2.24, 2.45) is 7.05 Å². The van der Waals surface area contributed by atoms with Crippen LogP contribution in [0.2, 0.25) is 0 Å². The first-order valence-electron chi connectivity index (χ1n) is 7.89. The first-order chi connectivity index (χ1) is 11.6. The van der Waals surface area contributed by atoms with E-state index in [0.29, 0.717) is 0 Å². The highest BCUT2D eigenvalue weighted by molar-refractivity contribution is 5.87. The van der Waals surface area contributed by atoms with Gasteiger partial charge in [-0.25, -0.2) is 15.0 Å². The van der Waals surface area contributed by atoms with Crippen molar-refractivity contribution in [3.63, 3.8) is 0 Å². The zero-order valence-corrected chi connectivity index (χ0v) is 13.6. The van der Waals surface area contributed by atoms with E-state index in [1.165, 1.54) is 12.3 Å². The van der Waals surface area contributed by atoms with Gasteiger partial charge in [-0.15, -0.1) is 0 Å². The van der Waals surface area contributed by atoms with Crippen molar-refractivity contribution < 1.29 is 4.39 Å². The monoisotopic (exact) mass is 327 g/mol. The van der Waals surface area contributed by atoms with Gasteiger partial charge < -0.3 is 9.80 Å². The zero-order chi connectivity index (χ0) is 16.7. The summed E-state index contributed by atoms with van der Waals surface area (Å²) in [6, 6.07) is 3.32. The number of fused-ring (bicyclic) bond motifs is 1. The zero-order valence-electron chi connectivity index (χ0n) is 13.6. The quantitative estimate of drug-likeness (QED) is 0.665. The number of hydrogen-bond acceptors (Lipinski definition) is 6. The molecule has 1 saturated heterocycles. The van der Waals surface area contributed by atoms with Gasteiger partial charge in [-0.3, -0.25) is 4.68 Å². The molecule has 1 fully saturated rings. The second-order valence-corrected chi connectivity index (χ2v) is 5.91. The fourth-order valence-electron chi connectivity index (χ4n) is 3.12. The lowest BCUT2D eigenvalue weighted by Crippen LogP contribution is -2.47. The number of piperazine rings is 1. The molecule has 124 valence electrons. The minimum Gasteiger partial charge on any atom is -0.368 e. The Morgan fingerprint density at radius 3 is 2.58 bits per heavy atom. The van der Waals surface area contributed by atoms with E-state index < -0.39 is 5.95 Å². The molecule has 3 aromatic rings. The third-order valence-corrected chi connectivity index (χ3v) is 4.34. The molecule has 24 heavy (non-hydrogen) atoms. The summed E-state index contributed by atoms with van der Waals surface area (Å²) in [6.07, 6.45) is 3.32. The molecule has 0 N–H and O–H groups in total. The number of nitrogens with zero attached hydrogens (tertiary/aromatic N) is 7. The van der Waals surface area contributed by atoms with Crippen LogP contribution in [0.5, 0.6) is 0 Å². The Balaban J connectivity index is 1.58. The van der Waals surface area contributed by atoms with E-state index in [0.717, 1.165) is 54.5 Å². The number of anilines is 2. The molecule has 1 aliphatic rings. The van der Waals surface area contributed by atoms with Crippen LogP contribution < -0.4 is 9.80 Å². The summed E-state index contributed by atoms with van der Waals surface area (Å²) in [5.74, 6) is 1.21. The maximum atomic E-state index is 13.3. The fourth-order valence-corrected chi connectivity index (χ4v) is 3.12. The molecule has 4 rings (SSSR count). The van der Waals surface area contributed by atoms with Gasteiger partial charge in [0.1, 0.15) is 11.6 Å². The topological polar surface area (TPSA) is 63.0 Å². The molecule has 0 atom stereocenters. The van der Waals surface area contributed by atoms with Crippen LogP contribution in [-0.4, -0.2) is 50.9 Å². The Labute approximate surface area is 138 Å². The SMILES string of the molecule is Cc1nc(N2CCN(c3ccnc(F)c3)CC2)c2cnn(C)c2n1. The first kappa shape index (κ1) is 14.8. The standard InChI is InChI=1S/C16H18FN7/c1-11-20-15-13(10-19-22(15)2)16(21-11)24-7-5-23(6-8-24)12-3-4-18-14(17)9-12/h3-4,9-10H,5-8H2,1-2H3. The van der Waals surface area contributed by atoms with Gasteiger partial charge in [0.05, 0.1) is 11.6 Å². The lowest BCUT2D eigenvalue weighted by molar-refractivity contribution is 0.580. The summed E-state index contributed by atoms with van der Waals surface area (Å²) in [7, 11) is 1.88. The fraction of sp³-hybridized carbons (Fsp3) is 0.375. The van der Waals surface area contributed by atoms with Gasteiger partial charge in [0.2, 0.25) is 5.95 Å². The van der Waals surface area contributed by atoms with Crippen molar-refractivity contribution in [2.45, 2.75) is 6.92 Å².